The molecule has 0 heterocycles. The van der Waals surface area contributed by atoms with E-state index in [1.54, 1.807) is 0 Å². The number of rotatable bonds is 6. The van der Waals surface area contributed by atoms with Crippen molar-refractivity contribution in [3.05, 3.63) is 47.2 Å². The Morgan fingerprint density at radius 3 is 2.71 bits per heavy atom. The van der Waals surface area contributed by atoms with Crippen LogP contribution in [0.25, 0.3) is 0 Å². The summed E-state index contributed by atoms with van der Waals surface area (Å²) in [5.41, 5.74) is 10.5. The third kappa shape index (κ3) is 4.23. The van der Waals surface area contributed by atoms with E-state index in [4.69, 9.17) is 5.73 Å². The van der Waals surface area contributed by atoms with E-state index in [0.29, 0.717) is 0 Å². The van der Waals surface area contributed by atoms with Crippen LogP contribution >= 0.6 is 0 Å². The third-order valence-corrected chi connectivity index (χ3v) is 3.07. The Hall–Kier alpha value is -1.28. The fourth-order valence-electron chi connectivity index (χ4n) is 1.93. The minimum absolute atomic E-state index is 0.222. The SMILES string of the molecule is C=C(N)C(CCC)NCc1cc(C)ccc1C. The molecule has 17 heavy (non-hydrogen) atoms. The van der Waals surface area contributed by atoms with Crippen molar-refractivity contribution in [2.75, 3.05) is 0 Å². The van der Waals surface area contributed by atoms with Gasteiger partial charge in [0.25, 0.3) is 0 Å². The van der Waals surface area contributed by atoms with Gasteiger partial charge in [-0.1, -0.05) is 43.7 Å². The molecular formula is C15H24N2. The predicted molar refractivity (Wildman–Crippen MR) is 74.8 cm³/mol. The first-order valence-electron chi connectivity index (χ1n) is 6.28. The molecule has 0 saturated carbocycles. The second-order valence-electron chi connectivity index (χ2n) is 4.73. The molecule has 94 valence electrons. The number of aryl methyl sites for hydroxylation is 2. The summed E-state index contributed by atoms with van der Waals surface area (Å²) >= 11 is 0. The summed E-state index contributed by atoms with van der Waals surface area (Å²) in [6.07, 6.45) is 2.15. The van der Waals surface area contributed by atoms with Gasteiger partial charge in [-0.2, -0.15) is 0 Å². The van der Waals surface area contributed by atoms with Crippen molar-refractivity contribution in [1.29, 1.82) is 0 Å². The topological polar surface area (TPSA) is 38.0 Å². The third-order valence-electron chi connectivity index (χ3n) is 3.07. The van der Waals surface area contributed by atoms with Crippen molar-refractivity contribution in [3.63, 3.8) is 0 Å². The first kappa shape index (κ1) is 13.8. The monoisotopic (exact) mass is 232 g/mol. The molecular weight excluding hydrogens is 208 g/mol. The van der Waals surface area contributed by atoms with Crippen LogP contribution in [-0.4, -0.2) is 6.04 Å². The lowest BCUT2D eigenvalue weighted by atomic mass is 10.0. The molecule has 0 spiro atoms. The van der Waals surface area contributed by atoms with E-state index in [9.17, 15) is 0 Å². The Labute approximate surface area is 105 Å². The standard InChI is InChI=1S/C15H24N2/c1-5-6-15(13(4)16)17-10-14-9-11(2)7-8-12(14)3/h7-9,15,17H,4-6,10,16H2,1-3H3. The Balaban J connectivity index is 2.64. The van der Waals surface area contributed by atoms with E-state index in [-0.39, 0.29) is 6.04 Å². The molecule has 1 atom stereocenters. The maximum Gasteiger partial charge on any atom is 0.0463 e. The van der Waals surface area contributed by atoms with Crippen LogP contribution < -0.4 is 11.1 Å². The van der Waals surface area contributed by atoms with Gasteiger partial charge in [0, 0.05) is 18.3 Å². The van der Waals surface area contributed by atoms with Gasteiger partial charge >= 0.3 is 0 Å². The van der Waals surface area contributed by atoms with Gasteiger partial charge in [0.1, 0.15) is 0 Å². The Morgan fingerprint density at radius 2 is 2.12 bits per heavy atom. The van der Waals surface area contributed by atoms with E-state index < -0.39 is 0 Å². The lowest BCUT2D eigenvalue weighted by Crippen LogP contribution is -2.33. The first-order valence-corrected chi connectivity index (χ1v) is 6.28. The molecule has 3 N–H and O–H groups in total. The molecule has 0 bridgehead atoms. The number of nitrogens with two attached hydrogens (primary N) is 1. The second kappa shape index (κ2) is 6.45. The summed E-state index contributed by atoms with van der Waals surface area (Å²) in [6, 6.07) is 6.76. The number of hydrogen-bond donors (Lipinski definition) is 2. The van der Waals surface area contributed by atoms with Gasteiger partial charge in [-0.15, -0.1) is 0 Å². The van der Waals surface area contributed by atoms with Crippen molar-refractivity contribution in [3.8, 4) is 0 Å². The molecule has 1 unspecified atom stereocenters. The molecule has 2 heteroatoms. The van der Waals surface area contributed by atoms with E-state index in [1.165, 1.54) is 16.7 Å². The molecule has 2 nitrogen and oxygen atoms in total. The molecule has 0 radical (unpaired) electrons. The molecule has 0 amide bonds. The fraction of sp³-hybridized carbons (Fsp3) is 0.467. The van der Waals surface area contributed by atoms with Crippen LogP contribution in [0.1, 0.15) is 36.5 Å². The highest BCUT2D eigenvalue weighted by molar-refractivity contribution is 5.30. The molecule has 1 aromatic carbocycles. The van der Waals surface area contributed by atoms with Crippen molar-refractivity contribution in [2.24, 2.45) is 5.73 Å². The largest absolute Gasteiger partial charge is 0.401 e. The lowest BCUT2D eigenvalue weighted by Gasteiger charge is -2.18. The van der Waals surface area contributed by atoms with Gasteiger partial charge in [0.15, 0.2) is 0 Å². The van der Waals surface area contributed by atoms with Crippen LogP contribution in [-0.2, 0) is 6.54 Å². The summed E-state index contributed by atoms with van der Waals surface area (Å²) in [5.74, 6) is 0. The minimum atomic E-state index is 0.222. The Bertz CT molecular complexity index is 383. The van der Waals surface area contributed by atoms with Crippen LogP contribution in [0.5, 0.6) is 0 Å². The number of hydrogen-bond acceptors (Lipinski definition) is 2. The van der Waals surface area contributed by atoms with Crippen LogP contribution in [0.4, 0.5) is 0 Å². The lowest BCUT2D eigenvalue weighted by molar-refractivity contribution is 0.524. The maximum absolute atomic E-state index is 5.80. The zero-order chi connectivity index (χ0) is 12.8. The molecule has 0 saturated heterocycles. The van der Waals surface area contributed by atoms with Gasteiger partial charge < -0.3 is 11.1 Å². The van der Waals surface area contributed by atoms with Gasteiger partial charge in [0.05, 0.1) is 0 Å². The molecule has 0 aliphatic carbocycles. The van der Waals surface area contributed by atoms with Gasteiger partial charge in [0.2, 0.25) is 0 Å². The molecule has 0 fully saturated rings. The minimum Gasteiger partial charge on any atom is -0.401 e. The molecule has 0 aliphatic rings. The molecule has 1 aromatic rings. The van der Waals surface area contributed by atoms with Crippen molar-refractivity contribution >= 4 is 0 Å². The highest BCUT2D eigenvalue weighted by atomic mass is 14.9. The first-order chi connectivity index (χ1) is 8.04. The van der Waals surface area contributed by atoms with E-state index in [1.807, 2.05) is 0 Å². The van der Waals surface area contributed by atoms with Gasteiger partial charge in [-0.3, -0.25) is 0 Å². The average Bonchev–Trinajstić information content (AvgIpc) is 2.28. The summed E-state index contributed by atoms with van der Waals surface area (Å²) in [7, 11) is 0. The van der Waals surface area contributed by atoms with Crippen molar-refractivity contribution in [2.45, 2.75) is 46.2 Å². The highest BCUT2D eigenvalue weighted by Crippen LogP contribution is 2.11. The fourth-order valence-corrected chi connectivity index (χ4v) is 1.93. The maximum atomic E-state index is 5.80. The average molecular weight is 232 g/mol. The van der Waals surface area contributed by atoms with Crippen LogP contribution in [0.3, 0.4) is 0 Å². The van der Waals surface area contributed by atoms with Crippen molar-refractivity contribution < 1.29 is 0 Å². The normalized spacial score (nSPS) is 12.4. The molecule has 0 aliphatic heterocycles. The Kier molecular flexibility index (Phi) is 5.23. The highest BCUT2D eigenvalue weighted by Gasteiger charge is 2.08. The summed E-state index contributed by atoms with van der Waals surface area (Å²) < 4.78 is 0. The van der Waals surface area contributed by atoms with E-state index in [0.717, 1.165) is 25.1 Å². The van der Waals surface area contributed by atoms with E-state index >= 15 is 0 Å². The Morgan fingerprint density at radius 1 is 1.41 bits per heavy atom. The van der Waals surface area contributed by atoms with Gasteiger partial charge in [-0.05, 0) is 31.4 Å². The van der Waals surface area contributed by atoms with Crippen molar-refractivity contribution in [1.82, 2.24) is 5.32 Å². The molecule has 0 aromatic heterocycles. The summed E-state index contributed by atoms with van der Waals surface area (Å²) in [4.78, 5) is 0. The predicted octanol–water partition coefficient (Wildman–Crippen LogP) is 3.03. The van der Waals surface area contributed by atoms with Crippen LogP contribution in [0.15, 0.2) is 30.5 Å². The molecule has 1 rings (SSSR count). The summed E-state index contributed by atoms with van der Waals surface area (Å²) in [5, 5.41) is 3.48. The second-order valence-corrected chi connectivity index (χ2v) is 4.73. The number of benzene rings is 1. The van der Waals surface area contributed by atoms with Gasteiger partial charge in [-0.25, -0.2) is 0 Å². The number of nitrogens with one attached hydrogen (secondary N) is 1. The van der Waals surface area contributed by atoms with Crippen LogP contribution in [0.2, 0.25) is 0 Å². The van der Waals surface area contributed by atoms with Crippen LogP contribution in [0, 0.1) is 13.8 Å². The van der Waals surface area contributed by atoms with E-state index in [2.05, 4.69) is 50.9 Å². The zero-order valence-corrected chi connectivity index (χ0v) is 11.2. The quantitative estimate of drug-likeness (QED) is 0.791. The smallest absolute Gasteiger partial charge is 0.0463 e. The summed E-state index contributed by atoms with van der Waals surface area (Å²) in [6.45, 7) is 11.1. The zero-order valence-electron chi connectivity index (χ0n) is 11.2.